The molecule has 0 atom stereocenters. The van der Waals surface area contributed by atoms with Crippen LogP contribution >= 0.6 is 11.6 Å². The molecule has 0 unspecified atom stereocenters. The van der Waals surface area contributed by atoms with Gasteiger partial charge in [-0.3, -0.25) is 4.79 Å². The molecular weight excluding hydrogens is 164 g/mol. The van der Waals surface area contributed by atoms with Crippen molar-refractivity contribution in [1.29, 1.82) is 0 Å². The molecule has 0 saturated carbocycles. The van der Waals surface area contributed by atoms with E-state index in [2.05, 4.69) is 0 Å². The van der Waals surface area contributed by atoms with Gasteiger partial charge in [0.1, 0.15) is 11.5 Å². The van der Waals surface area contributed by atoms with Crippen molar-refractivity contribution < 1.29 is 9.21 Å². The van der Waals surface area contributed by atoms with Crippen molar-refractivity contribution in [3.8, 4) is 0 Å². The van der Waals surface area contributed by atoms with E-state index in [1.807, 2.05) is 13.0 Å². The van der Waals surface area contributed by atoms with Crippen molar-refractivity contribution in [2.45, 2.75) is 19.8 Å². The van der Waals surface area contributed by atoms with E-state index in [-0.39, 0.29) is 11.7 Å². The molecule has 3 heteroatoms. The summed E-state index contributed by atoms with van der Waals surface area (Å²) in [6.07, 6.45) is 1.03. The lowest BCUT2D eigenvalue weighted by Gasteiger charge is -1.88. The van der Waals surface area contributed by atoms with Crippen LogP contribution in [0.1, 0.15) is 18.4 Å². The largest absolute Gasteiger partial charge is 0.466 e. The monoisotopic (exact) mass is 172 g/mol. The minimum Gasteiger partial charge on any atom is -0.466 e. The van der Waals surface area contributed by atoms with Crippen LogP contribution in [0, 0.1) is 0 Å². The highest BCUT2D eigenvalue weighted by atomic mass is 35.5. The Morgan fingerprint density at radius 1 is 1.55 bits per heavy atom. The predicted molar refractivity (Wildman–Crippen MR) is 42.7 cm³/mol. The van der Waals surface area contributed by atoms with Gasteiger partial charge in [-0.2, -0.15) is 0 Å². The molecule has 0 radical (unpaired) electrons. The van der Waals surface area contributed by atoms with E-state index < -0.39 is 0 Å². The highest BCUT2D eigenvalue weighted by molar-refractivity contribution is 6.63. The van der Waals surface area contributed by atoms with Crippen molar-refractivity contribution in [2.24, 2.45) is 0 Å². The Balaban J connectivity index is 2.65. The molecule has 0 fully saturated rings. The normalized spacial score (nSPS) is 10.0. The Kier molecular flexibility index (Phi) is 2.71. The van der Waals surface area contributed by atoms with Crippen molar-refractivity contribution in [2.75, 3.05) is 0 Å². The van der Waals surface area contributed by atoms with E-state index in [1.165, 1.54) is 0 Å². The topological polar surface area (TPSA) is 30.2 Å². The number of hydrogen-bond donors (Lipinski definition) is 0. The van der Waals surface area contributed by atoms with Gasteiger partial charge in [-0.05, 0) is 23.7 Å². The zero-order chi connectivity index (χ0) is 8.27. The van der Waals surface area contributed by atoms with Crippen molar-refractivity contribution in [3.63, 3.8) is 0 Å². The summed E-state index contributed by atoms with van der Waals surface area (Å²) in [5.74, 6) is 1.53. The Morgan fingerprint density at radius 3 is 2.64 bits per heavy atom. The fourth-order valence-corrected chi connectivity index (χ4v) is 0.976. The van der Waals surface area contributed by atoms with Crippen LogP contribution in [0.3, 0.4) is 0 Å². The summed E-state index contributed by atoms with van der Waals surface area (Å²) >= 11 is 5.17. The highest BCUT2D eigenvalue weighted by Crippen LogP contribution is 2.09. The third kappa shape index (κ3) is 2.39. The molecule has 11 heavy (non-hydrogen) atoms. The molecule has 1 aromatic heterocycles. The van der Waals surface area contributed by atoms with Crippen LogP contribution < -0.4 is 0 Å². The molecule has 0 aliphatic carbocycles. The minimum atomic E-state index is -0.387. The second-order valence-corrected chi connectivity index (χ2v) is 2.68. The van der Waals surface area contributed by atoms with Gasteiger partial charge in [-0.15, -0.1) is 0 Å². The molecule has 1 heterocycles. The van der Waals surface area contributed by atoms with Crippen LogP contribution in [-0.2, 0) is 17.6 Å². The maximum Gasteiger partial charge on any atom is 0.229 e. The molecule has 0 N–H and O–H groups in total. The average Bonchev–Trinajstić information content (AvgIpc) is 2.34. The molecule has 0 amide bonds. The van der Waals surface area contributed by atoms with E-state index in [4.69, 9.17) is 16.0 Å². The van der Waals surface area contributed by atoms with Crippen LogP contribution in [0.15, 0.2) is 16.5 Å². The number of rotatable bonds is 3. The van der Waals surface area contributed by atoms with Crippen LogP contribution in [-0.4, -0.2) is 5.24 Å². The number of aryl methyl sites for hydroxylation is 1. The first-order chi connectivity index (χ1) is 5.22. The number of carbonyl (C=O) groups excluding carboxylic acids is 1. The third-order valence-electron chi connectivity index (χ3n) is 1.38. The maximum absolute atomic E-state index is 10.4. The van der Waals surface area contributed by atoms with Crippen LogP contribution in [0.5, 0.6) is 0 Å². The van der Waals surface area contributed by atoms with E-state index in [0.717, 1.165) is 12.2 Å². The lowest BCUT2D eigenvalue weighted by molar-refractivity contribution is -0.111. The molecule has 2 nitrogen and oxygen atoms in total. The molecule has 1 aromatic rings. The van der Waals surface area contributed by atoms with Gasteiger partial charge in [0.2, 0.25) is 5.24 Å². The summed E-state index contributed by atoms with van der Waals surface area (Å²) in [6, 6.07) is 3.63. The smallest absolute Gasteiger partial charge is 0.229 e. The van der Waals surface area contributed by atoms with E-state index in [0.29, 0.717) is 5.76 Å². The third-order valence-corrected chi connectivity index (χ3v) is 1.51. The van der Waals surface area contributed by atoms with Gasteiger partial charge in [0.15, 0.2) is 0 Å². The summed E-state index contributed by atoms with van der Waals surface area (Å²) in [4.78, 5) is 10.4. The highest BCUT2D eigenvalue weighted by Gasteiger charge is 2.03. The first-order valence-electron chi connectivity index (χ1n) is 3.48. The Labute approximate surface area is 70.2 Å². The van der Waals surface area contributed by atoms with Crippen molar-refractivity contribution >= 4 is 16.8 Å². The molecule has 60 valence electrons. The van der Waals surface area contributed by atoms with Gasteiger partial charge in [0, 0.05) is 6.42 Å². The number of carbonyl (C=O) groups is 1. The Bertz CT molecular complexity index is 252. The molecule has 0 spiro atoms. The molecular formula is C8H9ClO2. The van der Waals surface area contributed by atoms with Crippen LogP contribution in [0.2, 0.25) is 0 Å². The van der Waals surface area contributed by atoms with E-state index in [9.17, 15) is 4.79 Å². The second-order valence-electron chi connectivity index (χ2n) is 2.25. The average molecular weight is 173 g/mol. The van der Waals surface area contributed by atoms with Gasteiger partial charge in [-0.1, -0.05) is 6.92 Å². The summed E-state index contributed by atoms with van der Waals surface area (Å²) in [5, 5.41) is -0.387. The summed E-state index contributed by atoms with van der Waals surface area (Å²) in [5.41, 5.74) is 0. The fraction of sp³-hybridized carbons (Fsp3) is 0.375. The van der Waals surface area contributed by atoms with Gasteiger partial charge < -0.3 is 4.42 Å². The molecule has 0 bridgehead atoms. The van der Waals surface area contributed by atoms with Gasteiger partial charge in [0.25, 0.3) is 0 Å². The summed E-state index contributed by atoms with van der Waals surface area (Å²) in [6.45, 7) is 1.99. The van der Waals surface area contributed by atoms with E-state index >= 15 is 0 Å². The van der Waals surface area contributed by atoms with Crippen molar-refractivity contribution in [1.82, 2.24) is 0 Å². The lowest BCUT2D eigenvalue weighted by Crippen LogP contribution is -1.90. The first kappa shape index (κ1) is 8.34. The Hall–Kier alpha value is -0.760. The summed E-state index contributed by atoms with van der Waals surface area (Å²) in [7, 11) is 0. The minimum absolute atomic E-state index is 0.182. The summed E-state index contributed by atoms with van der Waals surface area (Å²) < 4.78 is 5.24. The Morgan fingerprint density at radius 2 is 2.18 bits per heavy atom. The number of hydrogen-bond acceptors (Lipinski definition) is 2. The SMILES string of the molecule is CCc1ccc(CC(=O)Cl)o1. The maximum atomic E-state index is 10.4. The zero-order valence-electron chi connectivity index (χ0n) is 6.26. The standard InChI is InChI=1S/C8H9ClO2/c1-2-6-3-4-7(11-6)5-8(9)10/h3-4H,2,5H2,1H3. The molecule has 0 aliphatic heterocycles. The fourth-order valence-electron chi connectivity index (χ4n) is 0.844. The van der Waals surface area contributed by atoms with Crippen LogP contribution in [0.25, 0.3) is 0 Å². The number of halogens is 1. The molecule has 0 saturated heterocycles. The molecule has 0 aromatic carbocycles. The second kappa shape index (κ2) is 3.58. The van der Waals surface area contributed by atoms with Crippen LogP contribution in [0.4, 0.5) is 0 Å². The molecule has 0 aliphatic rings. The van der Waals surface area contributed by atoms with Crippen molar-refractivity contribution in [3.05, 3.63) is 23.7 Å². The predicted octanol–water partition coefficient (Wildman–Crippen LogP) is 2.15. The quantitative estimate of drug-likeness (QED) is 0.654. The zero-order valence-corrected chi connectivity index (χ0v) is 7.02. The first-order valence-corrected chi connectivity index (χ1v) is 3.86. The molecule has 1 rings (SSSR count). The van der Waals surface area contributed by atoms with E-state index in [1.54, 1.807) is 6.07 Å². The van der Waals surface area contributed by atoms with Gasteiger partial charge in [-0.25, -0.2) is 0 Å². The lowest BCUT2D eigenvalue weighted by atomic mass is 10.3. The van der Waals surface area contributed by atoms with Gasteiger partial charge in [0.05, 0.1) is 6.42 Å². The van der Waals surface area contributed by atoms with Gasteiger partial charge >= 0.3 is 0 Å². The number of furan rings is 1.